The summed E-state index contributed by atoms with van der Waals surface area (Å²) in [4.78, 5) is 50.6. The molecule has 0 saturated heterocycles. The molecule has 0 atom stereocenters. The van der Waals surface area contributed by atoms with E-state index in [0.717, 1.165) is 3.92 Å². The van der Waals surface area contributed by atoms with Crippen molar-refractivity contribution in [1.29, 1.82) is 0 Å². The van der Waals surface area contributed by atoms with Crippen LogP contribution in [0.25, 0.3) is 0 Å². The number of nitroso groups, excluding NO2 is 1. The van der Waals surface area contributed by atoms with Crippen molar-refractivity contribution in [3.8, 4) is 0 Å². The van der Waals surface area contributed by atoms with Crippen molar-refractivity contribution >= 4 is 0 Å². The Kier molecular flexibility index (Phi) is 2.73. The second-order valence-corrected chi connectivity index (χ2v) is 7.92. The summed E-state index contributed by atoms with van der Waals surface area (Å²) >= 11 is -8.27. The number of nitro groups is 4. The Balaban J connectivity index is 6.53. The molecule has 0 spiro atoms. The van der Waals surface area contributed by atoms with Crippen LogP contribution < -0.4 is 0 Å². The molecule has 0 aliphatic rings. The summed E-state index contributed by atoms with van der Waals surface area (Å²) in [7, 11) is 0. The van der Waals surface area contributed by atoms with E-state index >= 15 is 0 Å². The van der Waals surface area contributed by atoms with E-state index in [1.54, 1.807) is 0 Å². The Morgan fingerprint density at radius 2 is 0.933 bits per heavy atom. The van der Waals surface area contributed by atoms with Crippen molar-refractivity contribution in [1.82, 2.24) is 0 Å². The molecule has 15 heavy (non-hydrogen) atoms. The van der Waals surface area contributed by atoms with Crippen LogP contribution in [0.4, 0.5) is 0 Å². The van der Waals surface area contributed by atoms with Crippen molar-refractivity contribution < 1.29 is 29.5 Å². The Bertz CT molecular complexity index is 314. The predicted molar refractivity (Wildman–Crippen MR) is 33.8 cm³/mol. The van der Waals surface area contributed by atoms with Crippen LogP contribution in [0.15, 0.2) is 3.92 Å². The first-order valence-electron chi connectivity index (χ1n) is 2.43. The van der Waals surface area contributed by atoms with Crippen LogP contribution in [0.5, 0.6) is 0 Å². The summed E-state index contributed by atoms with van der Waals surface area (Å²) in [5.41, 5.74) is 0. The van der Waals surface area contributed by atoms with Crippen molar-refractivity contribution in [2.45, 2.75) is 0 Å². The molecule has 0 aromatic rings. The summed E-state index contributed by atoms with van der Waals surface area (Å²) in [5, 5.41) is 40.7. The van der Waals surface area contributed by atoms with Crippen molar-refractivity contribution in [2.75, 3.05) is 0 Å². The van der Waals surface area contributed by atoms with E-state index < -0.39 is 29.5 Å². The Hall–Kier alpha value is -2.18. The zero-order valence-corrected chi connectivity index (χ0v) is 8.00. The fraction of sp³-hybridized carbons (Fsp3) is 0. The van der Waals surface area contributed by atoms with Crippen LogP contribution >= 0.6 is 0 Å². The SMILES string of the molecule is O=[N][Ru]([N+](=O)[O-])([N+](=O)[O-])([N+](=O)[O-])[N+](=O)[O-]. The molecule has 0 amide bonds. The molecule has 0 aliphatic heterocycles. The molecule has 0 fully saturated rings. The van der Waals surface area contributed by atoms with Crippen molar-refractivity contribution in [2.24, 2.45) is 3.92 Å². The maximum atomic E-state index is 10.2. The standard InChI is InChI=1S/4NO2.NO.Ru/c4*2-1-3;1-2;/q;;;;-1;+1. The third-order valence-corrected chi connectivity index (χ3v) is 6.15. The molecule has 0 heterocycles. The fourth-order valence-electron chi connectivity index (χ4n) is 0.377. The van der Waals surface area contributed by atoms with Gasteiger partial charge in [0.05, 0.1) is 0 Å². The zero-order valence-electron chi connectivity index (χ0n) is 6.26. The number of nitrogens with zero attached hydrogens (tertiary/aromatic N) is 5. The Morgan fingerprint density at radius 1 is 0.733 bits per heavy atom. The average molecular weight is 315 g/mol. The van der Waals surface area contributed by atoms with Gasteiger partial charge in [-0.25, -0.2) is 0 Å². The van der Waals surface area contributed by atoms with Crippen LogP contribution in [-0.2, 0) is 14.8 Å². The van der Waals surface area contributed by atoms with Gasteiger partial charge in [-0.2, -0.15) is 0 Å². The molecule has 14 nitrogen and oxygen atoms in total. The van der Waals surface area contributed by atoms with Crippen LogP contribution in [0.3, 0.4) is 0 Å². The number of hydrogen-bond donors (Lipinski definition) is 0. The van der Waals surface area contributed by atoms with Crippen molar-refractivity contribution in [3.05, 3.63) is 45.4 Å². The van der Waals surface area contributed by atoms with Gasteiger partial charge in [0.25, 0.3) is 0 Å². The molecule has 0 unspecified atom stereocenters. The van der Waals surface area contributed by atoms with Gasteiger partial charge < -0.3 is 0 Å². The second kappa shape index (κ2) is 3.19. The minimum absolute atomic E-state index is 1.08. The van der Waals surface area contributed by atoms with Gasteiger partial charge in [0.2, 0.25) is 0 Å². The summed E-state index contributed by atoms with van der Waals surface area (Å²) < 4.78 is -8.57. The predicted octanol–water partition coefficient (Wildman–Crippen LogP) is -0.876. The molecule has 0 aromatic carbocycles. The summed E-state index contributed by atoms with van der Waals surface area (Å²) in [5.74, 6) is 0. The third kappa shape index (κ3) is 0.997. The van der Waals surface area contributed by atoms with Crippen LogP contribution in [0.1, 0.15) is 0 Å². The minimum atomic E-state index is -8.27. The molecule has 0 aromatic heterocycles. The number of hydrogen-bond acceptors (Lipinski definition) is 10. The van der Waals surface area contributed by atoms with E-state index in [4.69, 9.17) is 0 Å². The molecular formula is N5O9Ru. The average Bonchev–Trinajstić information content (AvgIpc) is 2.04. The fourth-order valence-corrected chi connectivity index (χ4v) is 2.23. The van der Waals surface area contributed by atoms with Gasteiger partial charge in [-0.05, 0) is 0 Å². The summed E-state index contributed by atoms with van der Waals surface area (Å²) in [6.07, 6.45) is 0. The van der Waals surface area contributed by atoms with Gasteiger partial charge in [0.15, 0.2) is 0 Å². The van der Waals surface area contributed by atoms with E-state index in [-0.39, 0.29) is 0 Å². The molecule has 87 valence electrons. The van der Waals surface area contributed by atoms with Crippen LogP contribution in [0, 0.1) is 45.4 Å². The Morgan fingerprint density at radius 3 is 0.933 bits per heavy atom. The zero-order chi connectivity index (χ0) is 12.5. The molecule has 0 bridgehead atoms. The first-order valence-corrected chi connectivity index (χ1v) is 6.32. The molecule has 0 saturated carbocycles. The third-order valence-electron chi connectivity index (χ3n) is 1.04. The van der Waals surface area contributed by atoms with E-state index in [0.29, 0.717) is 0 Å². The second-order valence-electron chi connectivity index (χ2n) is 1.59. The molecule has 15 heteroatoms. The Labute approximate surface area is 79.5 Å². The monoisotopic (exact) mass is 316 g/mol. The van der Waals surface area contributed by atoms with Gasteiger partial charge in [0, 0.05) is 0 Å². The quantitative estimate of drug-likeness (QED) is 0.267. The van der Waals surface area contributed by atoms with Crippen LogP contribution in [-0.4, -0.2) is 14.7 Å². The molecular weight excluding hydrogens is 315 g/mol. The number of rotatable bonds is 5. The first-order chi connectivity index (χ1) is 6.67. The molecule has 0 rings (SSSR count). The van der Waals surface area contributed by atoms with Gasteiger partial charge in [-0.3, -0.25) is 0 Å². The normalized spacial score (nSPS) is 13.2. The summed E-state index contributed by atoms with van der Waals surface area (Å²) in [6, 6.07) is 0. The van der Waals surface area contributed by atoms with Gasteiger partial charge in [-0.1, -0.05) is 0 Å². The van der Waals surface area contributed by atoms with E-state index in [2.05, 4.69) is 0 Å². The van der Waals surface area contributed by atoms with Crippen molar-refractivity contribution in [3.63, 3.8) is 0 Å². The van der Waals surface area contributed by atoms with E-state index in [1.807, 2.05) is 0 Å². The van der Waals surface area contributed by atoms with E-state index in [9.17, 15) is 45.4 Å². The van der Waals surface area contributed by atoms with Gasteiger partial charge in [-0.15, -0.1) is 0 Å². The van der Waals surface area contributed by atoms with E-state index in [1.165, 1.54) is 0 Å². The molecule has 0 radical (unpaired) electrons. The molecule has 0 N–H and O–H groups in total. The van der Waals surface area contributed by atoms with Gasteiger partial charge in [0.1, 0.15) is 0 Å². The van der Waals surface area contributed by atoms with Gasteiger partial charge >= 0.3 is 78.7 Å². The molecule has 0 aliphatic carbocycles. The summed E-state index contributed by atoms with van der Waals surface area (Å²) in [6.45, 7) is 0. The topological polar surface area (TPSA) is 202 Å². The maximum absolute atomic E-state index is 10.2. The first kappa shape index (κ1) is 12.8. The van der Waals surface area contributed by atoms with Crippen LogP contribution in [0.2, 0.25) is 0 Å².